The third kappa shape index (κ3) is 3.89. The summed E-state index contributed by atoms with van der Waals surface area (Å²) in [4.78, 5) is 8.89. The standard InChI is InChI=1S/C16H14FN5S/c17-14-9-19-16(21-12-5-2-6-13(23)8-12)22-15(14)20-11-4-1-3-10(18)7-11/h1-9,23H,18H2,(H2,19,20,21,22). The molecule has 3 aromatic rings. The van der Waals surface area contributed by atoms with E-state index < -0.39 is 5.82 Å². The molecule has 0 aliphatic rings. The second-order valence-corrected chi connectivity index (χ2v) is 5.33. The van der Waals surface area contributed by atoms with Crippen LogP contribution in [0.4, 0.5) is 33.2 Å². The second kappa shape index (κ2) is 6.53. The van der Waals surface area contributed by atoms with Crippen LogP contribution in [0.5, 0.6) is 0 Å². The number of benzene rings is 2. The van der Waals surface area contributed by atoms with Gasteiger partial charge in [0.25, 0.3) is 0 Å². The lowest BCUT2D eigenvalue weighted by Gasteiger charge is -2.10. The van der Waals surface area contributed by atoms with Gasteiger partial charge in [0.1, 0.15) is 0 Å². The van der Waals surface area contributed by atoms with E-state index in [1.54, 1.807) is 24.3 Å². The van der Waals surface area contributed by atoms with Gasteiger partial charge in [0.2, 0.25) is 5.95 Å². The maximum atomic E-state index is 13.9. The smallest absolute Gasteiger partial charge is 0.229 e. The number of aromatic nitrogens is 2. The first-order valence-corrected chi connectivity index (χ1v) is 7.26. The Labute approximate surface area is 138 Å². The molecule has 2 aromatic carbocycles. The van der Waals surface area contributed by atoms with Gasteiger partial charge < -0.3 is 16.4 Å². The largest absolute Gasteiger partial charge is 0.399 e. The average molecular weight is 327 g/mol. The predicted octanol–water partition coefficient (Wildman–Crippen LogP) is 3.97. The summed E-state index contributed by atoms with van der Waals surface area (Å²) in [6.45, 7) is 0. The molecule has 3 rings (SSSR count). The van der Waals surface area contributed by atoms with Crippen molar-refractivity contribution in [3.63, 3.8) is 0 Å². The SMILES string of the molecule is Nc1cccc(Nc2nc(Nc3cccc(S)c3)ncc2F)c1. The van der Waals surface area contributed by atoms with Crippen LogP contribution >= 0.6 is 12.6 Å². The fourth-order valence-corrected chi connectivity index (χ4v) is 2.21. The highest BCUT2D eigenvalue weighted by Gasteiger charge is 2.08. The highest BCUT2D eigenvalue weighted by atomic mass is 32.1. The second-order valence-electron chi connectivity index (χ2n) is 4.82. The van der Waals surface area contributed by atoms with Crippen molar-refractivity contribution in [2.24, 2.45) is 0 Å². The molecule has 0 amide bonds. The van der Waals surface area contributed by atoms with Gasteiger partial charge in [-0.3, -0.25) is 0 Å². The third-order valence-electron chi connectivity index (χ3n) is 3.00. The Morgan fingerprint density at radius 1 is 1.00 bits per heavy atom. The molecule has 0 bridgehead atoms. The van der Waals surface area contributed by atoms with Crippen molar-refractivity contribution >= 4 is 41.5 Å². The molecule has 0 unspecified atom stereocenters. The summed E-state index contributed by atoms with van der Waals surface area (Å²) in [5, 5.41) is 5.90. The summed E-state index contributed by atoms with van der Waals surface area (Å²) in [6.07, 6.45) is 1.11. The maximum absolute atomic E-state index is 13.9. The lowest BCUT2D eigenvalue weighted by molar-refractivity contribution is 0.619. The molecule has 1 aromatic heterocycles. The molecule has 0 saturated heterocycles. The first-order chi connectivity index (χ1) is 11.1. The molecule has 5 nitrogen and oxygen atoms in total. The molecule has 0 atom stereocenters. The molecule has 23 heavy (non-hydrogen) atoms. The number of halogens is 1. The summed E-state index contributed by atoms with van der Waals surface area (Å²) in [7, 11) is 0. The first kappa shape index (κ1) is 15.1. The summed E-state index contributed by atoms with van der Waals surface area (Å²) >= 11 is 4.27. The highest BCUT2D eigenvalue weighted by Crippen LogP contribution is 2.22. The normalized spacial score (nSPS) is 10.3. The van der Waals surface area contributed by atoms with Crippen LogP contribution in [0.2, 0.25) is 0 Å². The van der Waals surface area contributed by atoms with Crippen LogP contribution in [0.25, 0.3) is 0 Å². The van der Waals surface area contributed by atoms with E-state index in [0.717, 1.165) is 16.8 Å². The zero-order valence-corrected chi connectivity index (χ0v) is 12.9. The quantitative estimate of drug-likeness (QED) is 0.431. The van der Waals surface area contributed by atoms with Crippen molar-refractivity contribution in [3.8, 4) is 0 Å². The van der Waals surface area contributed by atoms with Gasteiger partial charge >= 0.3 is 0 Å². The van der Waals surface area contributed by atoms with E-state index in [1.807, 2.05) is 24.3 Å². The van der Waals surface area contributed by atoms with Crippen molar-refractivity contribution in [3.05, 3.63) is 60.5 Å². The fraction of sp³-hybridized carbons (Fsp3) is 0. The topological polar surface area (TPSA) is 75.9 Å². The molecule has 0 fully saturated rings. The molecule has 0 aliphatic carbocycles. The number of rotatable bonds is 4. The van der Waals surface area contributed by atoms with Crippen LogP contribution in [0.15, 0.2) is 59.6 Å². The summed E-state index contributed by atoms with van der Waals surface area (Å²) in [5.41, 5.74) is 7.70. The van der Waals surface area contributed by atoms with E-state index in [-0.39, 0.29) is 11.8 Å². The third-order valence-corrected chi connectivity index (χ3v) is 3.27. The Balaban J connectivity index is 1.84. The lowest BCUT2D eigenvalue weighted by atomic mass is 10.3. The molecule has 0 radical (unpaired) electrons. The molecule has 0 spiro atoms. The van der Waals surface area contributed by atoms with Crippen molar-refractivity contribution in [1.82, 2.24) is 9.97 Å². The summed E-state index contributed by atoms with van der Waals surface area (Å²) in [5.74, 6) is -0.215. The molecule has 116 valence electrons. The number of anilines is 5. The van der Waals surface area contributed by atoms with Crippen LogP contribution in [-0.4, -0.2) is 9.97 Å². The van der Waals surface area contributed by atoms with Gasteiger partial charge in [-0.15, -0.1) is 12.6 Å². The van der Waals surface area contributed by atoms with Gasteiger partial charge in [-0.05, 0) is 36.4 Å². The lowest BCUT2D eigenvalue weighted by Crippen LogP contribution is -2.03. The van der Waals surface area contributed by atoms with Gasteiger partial charge in [0, 0.05) is 22.0 Å². The minimum absolute atomic E-state index is 0.0649. The van der Waals surface area contributed by atoms with Crippen LogP contribution in [0, 0.1) is 5.82 Å². The Morgan fingerprint density at radius 2 is 1.74 bits per heavy atom. The number of hydrogen-bond donors (Lipinski definition) is 4. The van der Waals surface area contributed by atoms with E-state index >= 15 is 0 Å². The average Bonchev–Trinajstić information content (AvgIpc) is 2.51. The van der Waals surface area contributed by atoms with Crippen molar-refractivity contribution in [2.75, 3.05) is 16.4 Å². The number of nitrogen functional groups attached to an aromatic ring is 1. The molecule has 0 aliphatic heterocycles. The van der Waals surface area contributed by atoms with E-state index in [9.17, 15) is 4.39 Å². The zero-order valence-electron chi connectivity index (χ0n) is 12.0. The van der Waals surface area contributed by atoms with E-state index in [1.165, 1.54) is 0 Å². The molecule has 4 N–H and O–H groups in total. The Bertz CT molecular complexity index is 840. The Morgan fingerprint density at radius 3 is 2.48 bits per heavy atom. The monoisotopic (exact) mass is 327 g/mol. The van der Waals surface area contributed by atoms with Gasteiger partial charge in [-0.25, -0.2) is 9.37 Å². The van der Waals surface area contributed by atoms with Gasteiger partial charge in [-0.2, -0.15) is 4.98 Å². The van der Waals surface area contributed by atoms with E-state index in [0.29, 0.717) is 11.4 Å². The predicted molar refractivity (Wildman–Crippen MR) is 93.1 cm³/mol. The van der Waals surface area contributed by atoms with Gasteiger partial charge in [-0.1, -0.05) is 12.1 Å². The van der Waals surface area contributed by atoms with E-state index in [2.05, 4.69) is 33.2 Å². The minimum atomic E-state index is -0.555. The number of nitrogens with zero attached hydrogens (tertiary/aromatic N) is 2. The zero-order chi connectivity index (χ0) is 16.2. The summed E-state index contributed by atoms with van der Waals surface area (Å²) in [6, 6.07) is 14.4. The van der Waals surface area contributed by atoms with Crippen molar-refractivity contribution < 1.29 is 4.39 Å². The van der Waals surface area contributed by atoms with Crippen LogP contribution < -0.4 is 16.4 Å². The molecule has 1 heterocycles. The molecular weight excluding hydrogens is 313 g/mol. The van der Waals surface area contributed by atoms with Crippen LogP contribution in [0.1, 0.15) is 0 Å². The summed E-state index contributed by atoms with van der Waals surface area (Å²) < 4.78 is 13.9. The maximum Gasteiger partial charge on any atom is 0.229 e. The molecular formula is C16H14FN5S. The first-order valence-electron chi connectivity index (χ1n) is 6.81. The number of hydrogen-bond acceptors (Lipinski definition) is 6. The van der Waals surface area contributed by atoms with Gasteiger partial charge in [0.05, 0.1) is 6.20 Å². The number of thiol groups is 1. The van der Waals surface area contributed by atoms with Crippen molar-refractivity contribution in [1.29, 1.82) is 0 Å². The van der Waals surface area contributed by atoms with Crippen LogP contribution in [-0.2, 0) is 0 Å². The Hall–Kier alpha value is -2.80. The van der Waals surface area contributed by atoms with Crippen molar-refractivity contribution in [2.45, 2.75) is 4.90 Å². The molecule has 0 saturated carbocycles. The highest BCUT2D eigenvalue weighted by molar-refractivity contribution is 7.80. The van der Waals surface area contributed by atoms with Crippen LogP contribution in [0.3, 0.4) is 0 Å². The molecule has 7 heteroatoms. The number of nitrogens with one attached hydrogen (secondary N) is 2. The fourth-order valence-electron chi connectivity index (χ4n) is 1.98. The van der Waals surface area contributed by atoms with E-state index in [4.69, 9.17) is 5.73 Å². The minimum Gasteiger partial charge on any atom is -0.399 e. The van der Waals surface area contributed by atoms with Gasteiger partial charge in [0.15, 0.2) is 11.6 Å². The number of nitrogens with two attached hydrogens (primary N) is 1. The Kier molecular flexibility index (Phi) is 4.29.